The third-order valence-corrected chi connectivity index (χ3v) is 4.27. The van der Waals surface area contributed by atoms with Gasteiger partial charge >= 0.3 is 105 Å². The molecule has 0 unspecified atom stereocenters. The summed E-state index contributed by atoms with van der Waals surface area (Å²) in [6.07, 6.45) is 2.21. The van der Waals surface area contributed by atoms with Gasteiger partial charge in [-0.1, -0.05) is 0 Å². The van der Waals surface area contributed by atoms with Gasteiger partial charge < -0.3 is 0 Å². The first-order valence-corrected chi connectivity index (χ1v) is 6.21. The van der Waals surface area contributed by atoms with Crippen LogP contribution in [0.1, 0.15) is 35.1 Å². The van der Waals surface area contributed by atoms with Crippen LogP contribution in [0.5, 0.6) is 0 Å². The molecule has 2 rings (SSSR count). The van der Waals surface area contributed by atoms with Gasteiger partial charge in [-0.15, -0.1) is 0 Å². The zero-order valence-electron chi connectivity index (χ0n) is 8.03. The van der Waals surface area contributed by atoms with E-state index in [2.05, 4.69) is 47.5 Å². The molecule has 0 atom stereocenters. The molecule has 0 N–H and O–H groups in total. The molecule has 0 aliphatic heterocycles. The molecule has 1 aromatic rings. The number of hydrogen-bond acceptors (Lipinski definition) is 4. The maximum atomic E-state index is 11.4. The van der Waals surface area contributed by atoms with Gasteiger partial charge in [0.15, 0.2) is 0 Å². The summed E-state index contributed by atoms with van der Waals surface area (Å²) in [6, 6.07) is 0. The standard InChI is InChI=1S/C9H8AsBrN2O2/c1-15-9(14)6-5(11)7(10)13-8(12-6)4-2-3-4/h4H,2-3H2,1H3. The molecule has 1 aromatic heterocycles. The van der Waals surface area contributed by atoms with E-state index in [0.29, 0.717) is 16.1 Å². The molecular weight excluding hydrogens is 323 g/mol. The molecule has 2 radical (unpaired) electrons. The van der Waals surface area contributed by atoms with Crippen LogP contribution in [0, 0.1) is 0 Å². The molecule has 4 nitrogen and oxygen atoms in total. The molecule has 1 aliphatic carbocycles. The van der Waals surface area contributed by atoms with Gasteiger partial charge in [0.25, 0.3) is 0 Å². The Morgan fingerprint density at radius 3 is 2.73 bits per heavy atom. The Labute approximate surface area is 104 Å². The summed E-state index contributed by atoms with van der Waals surface area (Å²) in [5.74, 6) is 0.733. The van der Waals surface area contributed by atoms with Crippen LogP contribution < -0.4 is 4.48 Å². The van der Waals surface area contributed by atoms with E-state index < -0.39 is 5.97 Å². The average Bonchev–Trinajstić information content (AvgIpc) is 3.04. The minimum atomic E-state index is -0.432. The molecule has 1 aliphatic rings. The number of carbonyl (C=O) groups excluding carboxylic acids is 1. The van der Waals surface area contributed by atoms with Gasteiger partial charge in [-0.05, 0) is 0 Å². The summed E-state index contributed by atoms with van der Waals surface area (Å²) in [5, 5.41) is 0. The molecule has 15 heavy (non-hydrogen) atoms. The van der Waals surface area contributed by atoms with Crippen molar-refractivity contribution in [2.75, 3.05) is 7.11 Å². The Balaban J connectivity index is 2.46. The van der Waals surface area contributed by atoms with Gasteiger partial charge in [0, 0.05) is 0 Å². The van der Waals surface area contributed by atoms with Gasteiger partial charge in [0.2, 0.25) is 0 Å². The minimum absolute atomic E-state index is 0.310. The molecular formula is C9H8AsBrN2O2. The molecule has 0 bridgehead atoms. The van der Waals surface area contributed by atoms with Crippen molar-refractivity contribution in [1.29, 1.82) is 0 Å². The van der Waals surface area contributed by atoms with Crippen LogP contribution in [0.25, 0.3) is 0 Å². The molecule has 0 amide bonds. The average molecular weight is 331 g/mol. The molecule has 78 valence electrons. The molecule has 0 aromatic carbocycles. The van der Waals surface area contributed by atoms with E-state index in [1.807, 2.05) is 0 Å². The van der Waals surface area contributed by atoms with Crippen LogP contribution in [-0.2, 0) is 4.74 Å². The molecule has 1 fully saturated rings. The Morgan fingerprint density at radius 2 is 2.20 bits per heavy atom. The molecule has 1 heterocycles. The van der Waals surface area contributed by atoms with Crippen molar-refractivity contribution in [3.63, 3.8) is 0 Å². The summed E-state index contributed by atoms with van der Waals surface area (Å²) in [4.78, 5) is 20.0. The van der Waals surface area contributed by atoms with E-state index in [9.17, 15) is 4.79 Å². The Morgan fingerprint density at radius 1 is 1.53 bits per heavy atom. The van der Waals surface area contributed by atoms with Gasteiger partial charge in [0.1, 0.15) is 0 Å². The zero-order chi connectivity index (χ0) is 11.0. The molecule has 0 saturated heterocycles. The monoisotopic (exact) mass is 330 g/mol. The summed E-state index contributed by atoms with van der Waals surface area (Å²) < 4.78 is 5.98. The first-order chi connectivity index (χ1) is 7.13. The van der Waals surface area contributed by atoms with Crippen molar-refractivity contribution in [2.45, 2.75) is 18.8 Å². The second kappa shape index (κ2) is 4.22. The summed E-state index contributed by atoms with van der Waals surface area (Å²) >= 11 is 5.61. The van der Waals surface area contributed by atoms with E-state index in [0.717, 1.165) is 23.1 Å². The first kappa shape index (κ1) is 11.1. The van der Waals surface area contributed by atoms with E-state index in [4.69, 9.17) is 0 Å². The normalized spacial score (nSPS) is 15.1. The predicted molar refractivity (Wildman–Crippen MR) is 58.4 cm³/mol. The van der Waals surface area contributed by atoms with Gasteiger partial charge in [-0.25, -0.2) is 0 Å². The van der Waals surface area contributed by atoms with Crippen LogP contribution >= 0.6 is 15.9 Å². The van der Waals surface area contributed by atoms with Crippen molar-refractivity contribution < 1.29 is 9.53 Å². The third-order valence-electron chi connectivity index (χ3n) is 2.17. The van der Waals surface area contributed by atoms with Crippen molar-refractivity contribution in [1.82, 2.24) is 9.97 Å². The van der Waals surface area contributed by atoms with Crippen LogP contribution in [0.2, 0.25) is 0 Å². The number of methoxy groups -OCH3 is 1. The quantitative estimate of drug-likeness (QED) is 0.591. The Kier molecular flexibility index (Phi) is 3.12. The molecule has 1 saturated carbocycles. The topological polar surface area (TPSA) is 52.1 Å². The number of rotatable bonds is 2. The zero-order valence-corrected chi connectivity index (χ0v) is 11.5. The Hall–Kier alpha value is -0.412. The fourth-order valence-electron chi connectivity index (χ4n) is 1.21. The van der Waals surface area contributed by atoms with E-state index in [-0.39, 0.29) is 0 Å². The number of carbonyl (C=O) groups is 1. The fraction of sp³-hybridized carbons (Fsp3) is 0.444. The predicted octanol–water partition coefficient (Wildman–Crippen LogP) is 0.697. The number of nitrogens with zero attached hydrogens (tertiary/aromatic N) is 2. The fourth-order valence-corrected chi connectivity index (χ4v) is 1.98. The number of esters is 1. The Bertz CT molecular complexity index is 421. The molecule has 0 spiro atoms. The van der Waals surface area contributed by atoms with E-state index >= 15 is 0 Å². The van der Waals surface area contributed by atoms with Crippen LogP contribution in [-0.4, -0.2) is 39.9 Å². The number of aromatic nitrogens is 2. The second-order valence-electron chi connectivity index (χ2n) is 3.33. The van der Waals surface area contributed by atoms with Crippen molar-refractivity contribution in [3.8, 4) is 0 Å². The summed E-state index contributed by atoms with van der Waals surface area (Å²) in [7, 11) is 1.35. The summed E-state index contributed by atoms with van der Waals surface area (Å²) in [6.45, 7) is 0. The second-order valence-corrected chi connectivity index (χ2v) is 5.02. The van der Waals surface area contributed by atoms with Gasteiger partial charge in [-0.2, -0.15) is 0 Å². The van der Waals surface area contributed by atoms with Crippen LogP contribution in [0.3, 0.4) is 0 Å². The molecule has 6 heteroatoms. The van der Waals surface area contributed by atoms with Crippen molar-refractivity contribution in [2.24, 2.45) is 0 Å². The van der Waals surface area contributed by atoms with E-state index in [1.165, 1.54) is 7.11 Å². The SMILES string of the molecule is COC(=O)c1nc(C2CC2)nc([As])c1Br. The van der Waals surface area contributed by atoms with Gasteiger partial charge in [-0.3, -0.25) is 0 Å². The van der Waals surface area contributed by atoms with Crippen LogP contribution in [0.4, 0.5) is 0 Å². The van der Waals surface area contributed by atoms with Crippen molar-refractivity contribution >= 4 is 43.2 Å². The number of hydrogen-bond donors (Lipinski definition) is 0. The number of ether oxygens (including phenoxy) is 1. The first-order valence-electron chi connectivity index (χ1n) is 4.48. The van der Waals surface area contributed by atoms with E-state index in [1.54, 1.807) is 0 Å². The summed E-state index contributed by atoms with van der Waals surface area (Å²) in [5.41, 5.74) is 0.310. The maximum absolute atomic E-state index is 11.4. The van der Waals surface area contributed by atoms with Gasteiger partial charge in [0.05, 0.1) is 0 Å². The van der Waals surface area contributed by atoms with Crippen molar-refractivity contribution in [3.05, 3.63) is 16.0 Å². The third kappa shape index (κ3) is 2.23. The van der Waals surface area contributed by atoms with Crippen LogP contribution in [0.15, 0.2) is 4.47 Å². The number of halogens is 1.